The predicted octanol–water partition coefficient (Wildman–Crippen LogP) is 4.91. The number of thiophene rings is 1. The smallest absolute Gasteiger partial charge is 0.263 e. The topological polar surface area (TPSA) is 69.3 Å². The molecule has 1 saturated heterocycles. The van der Waals surface area contributed by atoms with Crippen molar-refractivity contribution in [1.82, 2.24) is 15.6 Å². The normalized spacial score (nSPS) is 17.7. The second kappa shape index (κ2) is 9.96. The summed E-state index contributed by atoms with van der Waals surface area (Å²) in [6.07, 6.45) is 0. The summed E-state index contributed by atoms with van der Waals surface area (Å²) >= 11 is 1.54. The van der Waals surface area contributed by atoms with Gasteiger partial charge in [0.25, 0.3) is 5.91 Å². The summed E-state index contributed by atoms with van der Waals surface area (Å²) in [6.45, 7) is 6.88. The standard InChI is InChI=1S/C25H25N5OS.2ClH/c1-15-14-27-23-22-18-6-7-19(16-2-4-17(5-3-16)30-12-10-26-11-13-30)29-20(18)8-9-21(22)32-24(23)25(31)28-15;;/h2-9,15,26-27H,10-14H2,1H3,(H,28,31);2*1H/t15-;;/m1../s1. The van der Waals surface area contributed by atoms with E-state index in [4.69, 9.17) is 4.98 Å². The Hall–Kier alpha value is -2.58. The number of carbonyl (C=O) groups is 1. The Labute approximate surface area is 214 Å². The van der Waals surface area contributed by atoms with E-state index in [2.05, 4.69) is 69.4 Å². The van der Waals surface area contributed by atoms with Gasteiger partial charge in [0, 0.05) is 65.5 Å². The summed E-state index contributed by atoms with van der Waals surface area (Å²) in [4.78, 5) is 20.8. The molecule has 178 valence electrons. The molecule has 0 aliphatic carbocycles. The van der Waals surface area contributed by atoms with Gasteiger partial charge in [0.15, 0.2) is 0 Å². The highest BCUT2D eigenvalue weighted by Crippen LogP contribution is 2.41. The third kappa shape index (κ3) is 4.29. The van der Waals surface area contributed by atoms with Crippen molar-refractivity contribution >= 4 is 74.4 Å². The number of nitrogens with zero attached hydrogens (tertiary/aromatic N) is 2. The van der Waals surface area contributed by atoms with Gasteiger partial charge in [-0.05, 0) is 43.3 Å². The molecular formula is C25H27Cl2N5OS. The number of fused-ring (bicyclic) bond motifs is 5. The molecule has 1 fully saturated rings. The number of hydrogen-bond acceptors (Lipinski definition) is 6. The van der Waals surface area contributed by atoms with Crippen LogP contribution in [0.15, 0.2) is 48.5 Å². The SMILES string of the molecule is C[C@@H]1CNc2c(sc3ccc4nc(-c5ccc(N6CCNCC6)cc5)ccc4c23)C(=O)N1.Cl.Cl. The van der Waals surface area contributed by atoms with Gasteiger partial charge in [-0.2, -0.15) is 0 Å². The second-order valence-corrected chi connectivity index (χ2v) is 9.60. The predicted molar refractivity (Wildman–Crippen MR) is 148 cm³/mol. The van der Waals surface area contributed by atoms with Crippen LogP contribution in [-0.2, 0) is 0 Å². The van der Waals surface area contributed by atoms with E-state index < -0.39 is 0 Å². The van der Waals surface area contributed by atoms with Crippen LogP contribution in [0.3, 0.4) is 0 Å². The number of carbonyl (C=O) groups excluding carboxylic acids is 1. The number of nitrogens with one attached hydrogen (secondary N) is 3. The Balaban J connectivity index is 0.00000137. The lowest BCUT2D eigenvalue weighted by Crippen LogP contribution is -2.43. The van der Waals surface area contributed by atoms with Crippen molar-refractivity contribution in [3.05, 3.63) is 53.4 Å². The molecule has 9 heteroatoms. The Morgan fingerprint density at radius 3 is 2.53 bits per heavy atom. The minimum Gasteiger partial charge on any atom is -0.381 e. The quantitative estimate of drug-likeness (QED) is 0.353. The summed E-state index contributed by atoms with van der Waals surface area (Å²) < 4.78 is 1.11. The fourth-order valence-electron chi connectivity index (χ4n) is 4.65. The lowest BCUT2D eigenvalue weighted by atomic mass is 10.1. The highest BCUT2D eigenvalue weighted by Gasteiger charge is 2.24. The van der Waals surface area contributed by atoms with Crippen molar-refractivity contribution in [3.8, 4) is 11.3 Å². The Morgan fingerprint density at radius 1 is 1.00 bits per heavy atom. The molecule has 6 nitrogen and oxygen atoms in total. The molecule has 34 heavy (non-hydrogen) atoms. The van der Waals surface area contributed by atoms with Gasteiger partial charge in [0.1, 0.15) is 4.88 Å². The van der Waals surface area contributed by atoms with Crippen LogP contribution in [-0.4, -0.2) is 49.7 Å². The van der Waals surface area contributed by atoms with E-state index in [1.165, 1.54) is 5.69 Å². The fraction of sp³-hybridized carbons (Fsp3) is 0.280. The van der Waals surface area contributed by atoms with E-state index in [-0.39, 0.29) is 36.8 Å². The van der Waals surface area contributed by atoms with Gasteiger partial charge < -0.3 is 20.9 Å². The molecule has 2 aromatic carbocycles. The van der Waals surface area contributed by atoms with E-state index in [1.807, 2.05) is 6.92 Å². The van der Waals surface area contributed by atoms with E-state index >= 15 is 0 Å². The van der Waals surface area contributed by atoms with Crippen molar-refractivity contribution in [3.63, 3.8) is 0 Å². The van der Waals surface area contributed by atoms with E-state index in [0.717, 1.165) is 69.0 Å². The van der Waals surface area contributed by atoms with Crippen LogP contribution in [0.25, 0.3) is 32.2 Å². The number of piperazine rings is 1. The highest BCUT2D eigenvalue weighted by molar-refractivity contribution is 7.21. The first-order valence-electron chi connectivity index (χ1n) is 11.1. The summed E-state index contributed by atoms with van der Waals surface area (Å²) in [6, 6.07) is 17.2. The Morgan fingerprint density at radius 2 is 1.76 bits per heavy atom. The average Bonchev–Trinajstić information content (AvgIpc) is 3.16. The molecule has 2 aromatic heterocycles. The molecule has 4 heterocycles. The van der Waals surface area contributed by atoms with Gasteiger partial charge in [-0.3, -0.25) is 4.79 Å². The van der Waals surface area contributed by atoms with Gasteiger partial charge in [-0.15, -0.1) is 36.2 Å². The van der Waals surface area contributed by atoms with Crippen LogP contribution < -0.4 is 20.9 Å². The lowest BCUT2D eigenvalue weighted by molar-refractivity contribution is 0.0949. The average molecular weight is 516 g/mol. The Kier molecular flexibility index (Phi) is 7.19. The second-order valence-electron chi connectivity index (χ2n) is 8.55. The number of amides is 1. The molecule has 2 aliphatic heterocycles. The molecule has 2 aliphatic rings. The maximum atomic E-state index is 12.6. The van der Waals surface area contributed by atoms with E-state index in [9.17, 15) is 4.79 Å². The molecule has 1 amide bonds. The minimum absolute atomic E-state index is 0. The highest BCUT2D eigenvalue weighted by atomic mass is 35.5. The summed E-state index contributed by atoms with van der Waals surface area (Å²) in [7, 11) is 0. The summed E-state index contributed by atoms with van der Waals surface area (Å²) in [5.41, 5.74) is 5.22. The van der Waals surface area contributed by atoms with Gasteiger partial charge in [0.2, 0.25) is 0 Å². The molecule has 0 unspecified atom stereocenters. The lowest BCUT2D eigenvalue weighted by Gasteiger charge is -2.29. The van der Waals surface area contributed by atoms with Crippen LogP contribution >= 0.6 is 36.2 Å². The number of halogens is 2. The van der Waals surface area contributed by atoms with E-state index in [0.29, 0.717) is 6.54 Å². The van der Waals surface area contributed by atoms with Crippen LogP contribution in [0.4, 0.5) is 11.4 Å². The number of aromatic nitrogens is 1. The molecule has 3 N–H and O–H groups in total. The Bertz CT molecular complexity index is 1330. The first-order chi connectivity index (χ1) is 15.7. The molecule has 4 aromatic rings. The van der Waals surface area contributed by atoms with Crippen molar-refractivity contribution in [2.75, 3.05) is 42.9 Å². The number of pyridine rings is 1. The summed E-state index contributed by atoms with van der Waals surface area (Å²) in [5, 5.41) is 12.1. The minimum atomic E-state index is 0. The van der Waals surface area contributed by atoms with Crippen molar-refractivity contribution in [2.24, 2.45) is 0 Å². The third-order valence-corrected chi connectivity index (χ3v) is 7.49. The van der Waals surface area contributed by atoms with Crippen LogP contribution in [0, 0.1) is 0 Å². The maximum Gasteiger partial charge on any atom is 0.263 e. The van der Waals surface area contributed by atoms with Crippen molar-refractivity contribution in [1.29, 1.82) is 0 Å². The van der Waals surface area contributed by atoms with E-state index in [1.54, 1.807) is 11.3 Å². The maximum absolute atomic E-state index is 12.6. The number of hydrogen-bond donors (Lipinski definition) is 3. The first-order valence-corrected chi connectivity index (χ1v) is 12.0. The molecular weight excluding hydrogens is 489 g/mol. The largest absolute Gasteiger partial charge is 0.381 e. The van der Waals surface area contributed by atoms with Gasteiger partial charge in [0.05, 0.1) is 16.9 Å². The van der Waals surface area contributed by atoms with Gasteiger partial charge >= 0.3 is 0 Å². The zero-order chi connectivity index (χ0) is 21.7. The van der Waals surface area contributed by atoms with Crippen molar-refractivity contribution in [2.45, 2.75) is 13.0 Å². The van der Waals surface area contributed by atoms with Crippen molar-refractivity contribution < 1.29 is 4.79 Å². The molecule has 0 bridgehead atoms. The number of rotatable bonds is 2. The zero-order valence-electron chi connectivity index (χ0n) is 18.8. The number of anilines is 2. The fourth-order valence-corrected chi connectivity index (χ4v) is 5.75. The molecule has 0 spiro atoms. The molecule has 1 atom stereocenters. The molecule has 0 saturated carbocycles. The van der Waals surface area contributed by atoms with Crippen LogP contribution in [0.1, 0.15) is 16.6 Å². The first kappa shape index (κ1) is 24.5. The van der Waals surface area contributed by atoms with Gasteiger partial charge in [-0.25, -0.2) is 4.98 Å². The zero-order valence-corrected chi connectivity index (χ0v) is 21.2. The molecule has 0 radical (unpaired) electrons. The van der Waals surface area contributed by atoms with Crippen LogP contribution in [0.2, 0.25) is 0 Å². The summed E-state index contributed by atoms with van der Waals surface area (Å²) in [5.74, 6) is 0.000931. The molecule has 6 rings (SSSR count). The monoisotopic (exact) mass is 515 g/mol. The third-order valence-electron chi connectivity index (χ3n) is 6.34. The number of benzene rings is 2. The van der Waals surface area contributed by atoms with Gasteiger partial charge in [-0.1, -0.05) is 12.1 Å². The van der Waals surface area contributed by atoms with Crippen LogP contribution in [0.5, 0.6) is 0 Å².